The minimum absolute atomic E-state index is 0.00906. The molecule has 9 aromatic rings. The van der Waals surface area contributed by atoms with E-state index in [4.69, 9.17) is 33.3 Å². The number of aliphatic hydroxyl groups excluding tert-OH is 2. The van der Waals surface area contributed by atoms with Crippen LogP contribution in [0.25, 0.3) is 22.5 Å². The predicted molar refractivity (Wildman–Crippen MR) is 416 cm³/mol. The first-order chi connectivity index (χ1) is 53.8. The van der Waals surface area contributed by atoms with Gasteiger partial charge < -0.3 is 60.2 Å². The molecule has 0 fully saturated rings. The Bertz CT molecular complexity index is 4660. The average Bonchev–Trinajstić information content (AvgIpc) is 0.812. The van der Waals surface area contributed by atoms with Crippen molar-refractivity contribution in [1.82, 2.24) is 25.5 Å². The van der Waals surface area contributed by atoms with Gasteiger partial charge in [-0.15, -0.1) is 0 Å². The molecule has 112 heavy (non-hydrogen) atoms. The van der Waals surface area contributed by atoms with E-state index in [0.717, 1.165) is 78.5 Å². The zero-order valence-corrected chi connectivity index (χ0v) is 63.7. The van der Waals surface area contributed by atoms with Gasteiger partial charge in [-0.05, 0) is 178 Å². The van der Waals surface area contributed by atoms with Crippen LogP contribution < -0.4 is 31.1 Å². The molecule has 0 aliphatic heterocycles. The lowest BCUT2D eigenvalue weighted by Crippen LogP contribution is -2.33. The minimum atomic E-state index is -4.50. The van der Waals surface area contributed by atoms with E-state index in [1.54, 1.807) is 72.8 Å². The van der Waals surface area contributed by atoms with Crippen molar-refractivity contribution in [2.75, 3.05) is 126 Å². The Kier molecular flexibility index (Phi) is 33.7. The van der Waals surface area contributed by atoms with Gasteiger partial charge in [0.15, 0.2) is 0 Å². The third-order valence-corrected chi connectivity index (χ3v) is 18.9. The number of hydrogen-bond acceptors (Lipinski definition) is 18. The van der Waals surface area contributed by atoms with Crippen LogP contribution in [0, 0.1) is 6.92 Å². The number of nitrogens with zero attached hydrogens (tertiary/aromatic N) is 5. The van der Waals surface area contributed by atoms with Crippen LogP contribution in [0.15, 0.2) is 199 Å². The third kappa shape index (κ3) is 26.9. The number of carbonyl (C=O) groups excluding carboxylic acids is 4. The number of aromatic nitrogens is 2. The Labute approximate surface area is 648 Å². The lowest BCUT2D eigenvalue weighted by molar-refractivity contribution is -0.138. The van der Waals surface area contributed by atoms with Crippen LogP contribution in [0.1, 0.15) is 108 Å². The van der Waals surface area contributed by atoms with Gasteiger partial charge in [0.1, 0.15) is 0 Å². The fraction of sp³-hybridized carbons (Fsp3) is 0.325. The smallest absolute Gasteiger partial charge is 0.395 e. The van der Waals surface area contributed by atoms with Crippen molar-refractivity contribution in [3.8, 4) is 22.5 Å². The van der Waals surface area contributed by atoms with Crippen molar-refractivity contribution >= 4 is 56.5 Å². The standard InChI is InChI=1S/C43H45F3N4O7S.C40H48F3N5O6/c1-4-50(5-2)36-14-17-39(38(27-36)40-26-34(18-19-47-40)41(51)48-28-31-8-7-11-35(25-31)43(44,45)46)49-42(52)33-10-6-9-32(24-33)29-56-21-20-55-22-23-57-58(53,54)37-15-12-30(3)13-16-37;1-3-48(4-2)34-11-12-36(46-39(52)31-9-5-8-30(23-31)28-54-22-21-53-20-17-47(15-18-49)16-19-50)35(26-34)37-25-32(13-14-44-37)38(51)45-27-29-7-6-10-33(24-29)40(41,42)43/h6-19,24-27H,4-5,20-23,28-29H2,1-3H3,(H,48,51)(H,49,52);5-14,23-26,49-50H,3-4,15-22,27-28H2,1-2H3,(H,45,51)(H,46,52). The quantitative estimate of drug-likeness (QED) is 0.0118. The molecule has 0 bridgehead atoms. The first-order valence-electron chi connectivity index (χ1n) is 36.4. The molecular formula is C83H93F6N9O13S. The fourth-order valence-electron chi connectivity index (χ4n) is 11.6. The number of carbonyl (C=O) groups is 4. The maximum Gasteiger partial charge on any atom is 0.416 e. The van der Waals surface area contributed by atoms with Crippen LogP contribution in [0.3, 0.4) is 0 Å². The van der Waals surface area contributed by atoms with Crippen LogP contribution in [0.4, 0.5) is 49.1 Å². The Morgan fingerprint density at radius 3 is 1.27 bits per heavy atom. The van der Waals surface area contributed by atoms with Crippen LogP contribution in [0.5, 0.6) is 0 Å². The number of ether oxygens (including phenoxy) is 4. The third-order valence-electron chi connectivity index (χ3n) is 17.6. The van der Waals surface area contributed by atoms with E-state index in [9.17, 15) is 53.9 Å². The number of pyridine rings is 2. The van der Waals surface area contributed by atoms with Gasteiger partial charge in [0.25, 0.3) is 33.7 Å². The molecule has 29 heteroatoms. The first kappa shape index (κ1) is 87.1. The molecule has 0 radical (unpaired) electrons. The highest BCUT2D eigenvalue weighted by Gasteiger charge is 2.32. The second-order valence-corrected chi connectivity index (χ2v) is 27.1. The second kappa shape index (κ2) is 43.4. The number of benzene rings is 7. The normalized spacial score (nSPS) is 11.6. The molecule has 596 valence electrons. The lowest BCUT2D eigenvalue weighted by Gasteiger charge is -2.23. The number of nitrogens with one attached hydrogen (secondary N) is 4. The maximum atomic E-state index is 13.6. The molecule has 0 unspecified atom stereocenters. The number of aryl methyl sites for hydroxylation is 1. The van der Waals surface area contributed by atoms with Crippen molar-refractivity contribution in [2.45, 2.75) is 78.2 Å². The molecule has 2 aromatic heterocycles. The lowest BCUT2D eigenvalue weighted by atomic mass is 10.0. The molecule has 0 saturated carbocycles. The van der Waals surface area contributed by atoms with Crippen molar-refractivity contribution in [2.24, 2.45) is 0 Å². The van der Waals surface area contributed by atoms with Crippen molar-refractivity contribution in [3.05, 3.63) is 256 Å². The van der Waals surface area contributed by atoms with Crippen LogP contribution in [0.2, 0.25) is 0 Å². The number of aliphatic hydroxyl groups is 2. The number of amides is 4. The van der Waals surface area contributed by atoms with Gasteiger partial charge in [-0.1, -0.05) is 66.2 Å². The molecule has 9 rings (SSSR count). The number of rotatable bonds is 40. The average molecular weight is 1570 g/mol. The van der Waals surface area contributed by atoms with Gasteiger partial charge in [-0.2, -0.15) is 34.8 Å². The summed E-state index contributed by atoms with van der Waals surface area (Å²) >= 11 is 0. The Balaban J connectivity index is 0.000000282. The minimum Gasteiger partial charge on any atom is -0.395 e. The highest BCUT2D eigenvalue weighted by molar-refractivity contribution is 7.86. The van der Waals surface area contributed by atoms with Crippen molar-refractivity contribution in [1.29, 1.82) is 0 Å². The molecule has 0 aliphatic rings. The van der Waals surface area contributed by atoms with E-state index in [0.29, 0.717) is 95.6 Å². The second-order valence-electron chi connectivity index (χ2n) is 25.4. The van der Waals surface area contributed by atoms with E-state index in [2.05, 4.69) is 41.0 Å². The molecule has 0 aliphatic carbocycles. The predicted octanol–water partition coefficient (Wildman–Crippen LogP) is 13.7. The summed E-state index contributed by atoms with van der Waals surface area (Å²) < 4.78 is 131. The number of alkyl halides is 6. The van der Waals surface area contributed by atoms with Gasteiger partial charge in [0, 0.05) is 116 Å². The van der Waals surface area contributed by atoms with Gasteiger partial charge in [-0.3, -0.25) is 38.2 Å². The van der Waals surface area contributed by atoms with Gasteiger partial charge in [-0.25, -0.2) is 0 Å². The van der Waals surface area contributed by atoms with E-state index in [-0.39, 0.29) is 87.9 Å². The van der Waals surface area contributed by atoms with Gasteiger partial charge in [0.05, 0.1) is 111 Å². The summed E-state index contributed by atoms with van der Waals surface area (Å²) in [6.45, 7) is 16.1. The number of anilines is 4. The van der Waals surface area contributed by atoms with E-state index in [1.807, 2.05) is 75.9 Å². The van der Waals surface area contributed by atoms with E-state index >= 15 is 0 Å². The number of hydrogen-bond donors (Lipinski definition) is 6. The van der Waals surface area contributed by atoms with Gasteiger partial charge in [0.2, 0.25) is 0 Å². The molecule has 0 spiro atoms. The molecule has 22 nitrogen and oxygen atoms in total. The zero-order valence-electron chi connectivity index (χ0n) is 62.9. The van der Waals surface area contributed by atoms with Crippen LogP contribution >= 0.6 is 0 Å². The van der Waals surface area contributed by atoms with Crippen molar-refractivity contribution in [3.63, 3.8) is 0 Å². The SMILES string of the molecule is CCN(CC)c1ccc(NC(=O)c2cccc(COCCOCCN(CCO)CCO)c2)c(-c2cc(C(=O)NCc3cccc(C(F)(F)F)c3)ccn2)c1.CCN(CC)c1ccc(NC(=O)c2cccc(COCCOCCOS(=O)(=O)c3ccc(C)cc3)c2)c(-c2cc(C(=O)NCc3cccc(C(F)(F)F)c3)ccn2)c1. The van der Waals surface area contributed by atoms with Gasteiger partial charge >= 0.3 is 12.4 Å². The summed E-state index contributed by atoms with van der Waals surface area (Å²) in [5.41, 5.74) is 7.41. The monoisotopic (exact) mass is 1570 g/mol. The summed E-state index contributed by atoms with van der Waals surface area (Å²) in [6.07, 6.45) is -6.06. The van der Waals surface area contributed by atoms with E-state index in [1.165, 1.54) is 60.9 Å². The highest BCUT2D eigenvalue weighted by Crippen LogP contribution is 2.36. The molecular weight excluding hydrogens is 1480 g/mol. The largest absolute Gasteiger partial charge is 0.416 e. The topological polar surface area (TPSA) is 273 Å². The molecule has 7 aromatic carbocycles. The summed E-state index contributed by atoms with van der Waals surface area (Å²) in [6, 6.07) is 47.3. The van der Waals surface area contributed by atoms with Crippen molar-refractivity contribution < 1.29 is 87.3 Å². The molecule has 2 heterocycles. The number of halogens is 6. The first-order valence-corrected chi connectivity index (χ1v) is 37.8. The van der Waals surface area contributed by atoms with Crippen LogP contribution in [-0.4, -0.2) is 162 Å². The summed E-state index contributed by atoms with van der Waals surface area (Å²) in [7, 11) is -3.87. The molecule has 6 N–H and O–H groups in total. The summed E-state index contributed by atoms with van der Waals surface area (Å²) in [4.78, 5) is 68.8. The van der Waals surface area contributed by atoms with Crippen LogP contribution in [-0.2, 0) is 71.9 Å². The maximum absolute atomic E-state index is 13.6. The molecule has 4 amide bonds. The Morgan fingerprint density at radius 2 is 0.839 bits per heavy atom. The van der Waals surface area contributed by atoms with E-state index < -0.39 is 51.3 Å². The Hall–Kier alpha value is -10.5. The highest BCUT2D eigenvalue weighted by atomic mass is 32.2. The summed E-state index contributed by atoms with van der Waals surface area (Å²) in [5.74, 6) is -1.75. The fourth-order valence-corrected chi connectivity index (χ4v) is 12.5. The zero-order chi connectivity index (χ0) is 80.6. The Morgan fingerprint density at radius 1 is 0.438 bits per heavy atom. The molecule has 0 saturated heterocycles. The summed E-state index contributed by atoms with van der Waals surface area (Å²) in [5, 5.41) is 29.6. The molecule has 0 atom stereocenters.